The predicted molar refractivity (Wildman–Crippen MR) is 92.7 cm³/mol. The summed E-state index contributed by atoms with van der Waals surface area (Å²) in [6, 6.07) is 0.882. The van der Waals surface area contributed by atoms with Crippen molar-refractivity contribution in [3.63, 3.8) is 0 Å². The van der Waals surface area contributed by atoms with Crippen molar-refractivity contribution in [1.29, 1.82) is 0 Å². The SMILES string of the molecule is CN(C)C(=O)CN=C(NC1CCCC1)N1CCN(C2CC2)C(=O)C1. The molecule has 0 spiro atoms. The maximum Gasteiger partial charge on any atom is 0.243 e. The quantitative estimate of drug-likeness (QED) is 0.591. The van der Waals surface area contributed by atoms with E-state index in [1.807, 2.05) is 9.80 Å². The number of rotatable bonds is 4. The molecule has 1 heterocycles. The number of likely N-dealkylation sites (N-methyl/N-ethyl adjacent to an activating group) is 1. The van der Waals surface area contributed by atoms with E-state index in [1.54, 1.807) is 19.0 Å². The number of hydrogen-bond acceptors (Lipinski definition) is 3. The highest BCUT2D eigenvalue weighted by Crippen LogP contribution is 2.28. The molecule has 3 rings (SSSR count). The monoisotopic (exact) mass is 335 g/mol. The zero-order valence-electron chi connectivity index (χ0n) is 14.8. The average Bonchev–Trinajstić information content (AvgIpc) is 3.27. The Labute approximate surface area is 144 Å². The molecule has 1 N–H and O–H groups in total. The third-order valence-corrected chi connectivity index (χ3v) is 5.10. The van der Waals surface area contributed by atoms with Crippen LogP contribution >= 0.6 is 0 Å². The maximum atomic E-state index is 12.4. The number of amides is 2. The van der Waals surface area contributed by atoms with Gasteiger partial charge in [0.25, 0.3) is 0 Å². The van der Waals surface area contributed by atoms with Crippen molar-refractivity contribution in [2.24, 2.45) is 4.99 Å². The van der Waals surface area contributed by atoms with E-state index in [0.717, 1.165) is 44.7 Å². The fourth-order valence-electron chi connectivity index (χ4n) is 3.41. The summed E-state index contributed by atoms with van der Waals surface area (Å²) in [5.74, 6) is 0.883. The average molecular weight is 335 g/mol. The summed E-state index contributed by atoms with van der Waals surface area (Å²) in [5.41, 5.74) is 0. The molecule has 0 aromatic heterocycles. The molecule has 2 amide bonds. The molecule has 3 fully saturated rings. The first-order valence-corrected chi connectivity index (χ1v) is 9.10. The molecule has 0 atom stereocenters. The van der Waals surface area contributed by atoms with E-state index in [9.17, 15) is 9.59 Å². The van der Waals surface area contributed by atoms with E-state index in [2.05, 4.69) is 10.3 Å². The number of carbonyl (C=O) groups excluding carboxylic acids is 2. The van der Waals surface area contributed by atoms with Gasteiger partial charge in [-0.3, -0.25) is 9.59 Å². The minimum absolute atomic E-state index is 0.0244. The van der Waals surface area contributed by atoms with Gasteiger partial charge >= 0.3 is 0 Å². The van der Waals surface area contributed by atoms with E-state index >= 15 is 0 Å². The van der Waals surface area contributed by atoms with Gasteiger partial charge in [0.15, 0.2) is 5.96 Å². The topological polar surface area (TPSA) is 68.2 Å². The van der Waals surface area contributed by atoms with Crippen LogP contribution in [-0.4, -0.2) is 84.8 Å². The Morgan fingerprint density at radius 2 is 1.92 bits per heavy atom. The minimum atomic E-state index is -0.0244. The molecule has 7 heteroatoms. The zero-order valence-corrected chi connectivity index (χ0v) is 14.8. The van der Waals surface area contributed by atoms with Crippen molar-refractivity contribution in [3.05, 3.63) is 0 Å². The van der Waals surface area contributed by atoms with Crippen LogP contribution in [0.4, 0.5) is 0 Å². The molecule has 0 aromatic rings. The first-order valence-electron chi connectivity index (χ1n) is 9.10. The number of piperazine rings is 1. The Kier molecular flexibility index (Phi) is 5.26. The molecular formula is C17H29N5O2. The zero-order chi connectivity index (χ0) is 17.1. The Balaban J connectivity index is 1.65. The van der Waals surface area contributed by atoms with Crippen molar-refractivity contribution in [2.45, 2.75) is 50.6 Å². The molecule has 134 valence electrons. The molecular weight excluding hydrogens is 306 g/mol. The molecule has 24 heavy (non-hydrogen) atoms. The number of guanidine groups is 1. The van der Waals surface area contributed by atoms with E-state index in [4.69, 9.17) is 0 Å². The van der Waals surface area contributed by atoms with Crippen LogP contribution in [0, 0.1) is 0 Å². The fraction of sp³-hybridized carbons (Fsp3) is 0.824. The van der Waals surface area contributed by atoms with Crippen molar-refractivity contribution in [3.8, 4) is 0 Å². The first kappa shape index (κ1) is 17.0. The van der Waals surface area contributed by atoms with Gasteiger partial charge in [0.2, 0.25) is 11.8 Å². The van der Waals surface area contributed by atoms with Gasteiger partial charge in [0.1, 0.15) is 6.54 Å². The molecule has 0 unspecified atom stereocenters. The van der Waals surface area contributed by atoms with Crippen LogP contribution in [0.1, 0.15) is 38.5 Å². The second kappa shape index (κ2) is 7.40. The number of nitrogens with zero attached hydrogens (tertiary/aromatic N) is 4. The third-order valence-electron chi connectivity index (χ3n) is 5.10. The van der Waals surface area contributed by atoms with Gasteiger partial charge in [-0.2, -0.15) is 0 Å². The summed E-state index contributed by atoms with van der Waals surface area (Å²) in [4.78, 5) is 34.4. The summed E-state index contributed by atoms with van der Waals surface area (Å²) in [6.07, 6.45) is 7.02. The van der Waals surface area contributed by atoms with Gasteiger partial charge in [-0.05, 0) is 25.7 Å². The molecule has 1 saturated heterocycles. The molecule has 0 aromatic carbocycles. The minimum Gasteiger partial charge on any atom is -0.353 e. The van der Waals surface area contributed by atoms with Crippen LogP contribution in [0.3, 0.4) is 0 Å². The lowest BCUT2D eigenvalue weighted by molar-refractivity contribution is -0.135. The lowest BCUT2D eigenvalue weighted by Gasteiger charge is -2.37. The number of nitrogens with one attached hydrogen (secondary N) is 1. The van der Waals surface area contributed by atoms with Gasteiger partial charge in [-0.15, -0.1) is 0 Å². The number of hydrogen-bond donors (Lipinski definition) is 1. The summed E-state index contributed by atoms with van der Waals surface area (Å²) < 4.78 is 0. The highest BCUT2D eigenvalue weighted by Gasteiger charge is 2.36. The van der Waals surface area contributed by atoms with Crippen molar-refractivity contribution in [1.82, 2.24) is 20.0 Å². The first-order chi connectivity index (χ1) is 11.5. The van der Waals surface area contributed by atoms with Crippen molar-refractivity contribution >= 4 is 17.8 Å². The van der Waals surface area contributed by atoms with Crippen LogP contribution < -0.4 is 5.32 Å². The van der Waals surface area contributed by atoms with Crippen LogP contribution in [0.2, 0.25) is 0 Å². The summed E-state index contributed by atoms with van der Waals surface area (Å²) >= 11 is 0. The van der Waals surface area contributed by atoms with E-state index < -0.39 is 0 Å². The van der Waals surface area contributed by atoms with E-state index in [-0.39, 0.29) is 18.4 Å². The molecule has 2 saturated carbocycles. The molecule has 0 bridgehead atoms. The van der Waals surface area contributed by atoms with Gasteiger partial charge in [0, 0.05) is 39.3 Å². The normalized spacial score (nSPS) is 22.9. The smallest absolute Gasteiger partial charge is 0.243 e. The maximum absolute atomic E-state index is 12.4. The Morgan fingerprint density at radius 3 is 2.50 bits per heavy atom. The molecule has 0 radical (unpaired) electrons. The van der Waals surface area contributed by atoms with Gasteiger partial charge < -0.3 is 20.0 Å². The molecule has 7 nitrogen and oxygen atoms in total. The van der Waals surface area contributed by atoms with Gasteiger partial charge in [-0.1, -0.05) is 12.8 Å². The third kappa shape index (κ3) is 4.19. The standard InChI is InChI=1S/C17H29N5O2/c1-20(2)15(23)11-18-17(19-13-5-3-4-6-13)21-9-10-22(14-7-8-14)16(24)12-21/h13-14H,3-12H2,1-2H3,(H,18,19). The van der Waals surface area contributed by atoms with Crippen LogP contribution in [0.5, 0.6) is 0 Å². The Hall–Kier alpha value is -1.79. The molecule has 2 aliphatic carbocycles. The van der Waals surface area contributed by atoms with Crippen LogP contribution in [-0.2, 0) is 9.59 Å². The van der Waals surface area contributed by atoms with Gasteiger partial charge in [-0.25, -0.2) is 4.99 Å². The van der Waals surface area contributed by atoms with Gasteiger partial charge in [0.05, 0.1) is 6.54 Å². The summed E-state index contributed by atoms with van der Waals surface area (Å²) in [6.45, 7) is 2.04. The summed E-state index contributed by atoms with van der Waals surface area (Å²) in [5, 5.41) is 3.49. The van der Waals surface area contributed by atoms with Crippen molar-refractivity contribution in [2.75, 3.05) is 40.3 Å². The lowest BCUT2D eigenvalue weighted by atomic mass is 10.2. The lowest BCUT2D eigenvalue weighted by Crippen LogP contribution is -2.57. The Bertz CT molecular complexity index is 509. The number of carbonyl (C=O) groups is 2. The summed E-state index contributed by atoms with van der Waals surface area (Å²) in [7, 11) is 3.47. The van der Waals surface area contributed by atoms with E-state index in [1.165, 1.54) is 12.8 Å². The second-order valence-corrected chi connectivity index (χ2v) is 7.29. The molecule has 3 aliphatic rings. The van der Waals surface area contributed by atoms with Crippen LogP contribution in [0.25, 0.3) is 0 Å². The van der Waals surface area contributed by atoms with Crippen molar-refractivity contribution < 1.29 is 9.59 Å². The predicted octanol–water partition coefficient (Wildman–Crippen LogP) is 0.269. The second-order valence-electron chi connectivity index (χ2n) is 7.29. The van der Waals surface area contributed by atoms with E-state index in [0.29, 0.717) is 18.6 Å². The highest BCUT2D eigenvalue weighted by molar-refractivity contribution is 5.89. The largest absolute Gasteiger partial charge is 0.353 e. The molecule has 1 aliphatic heterocycles. The number of aliphatic imine (C=N–C) groups is 1. The Morgan fingerprint density at radius 1 is 1.21 bits per heavy atom. The fourth-order valence-corrected chi connectivity index (χ4v) is 3.41. The van der Waals surface area contributed by atoms with Crippen LogP contribution in [0.15, 0.2) is 4.99 Å². The highest BCUT2D eigenvalue weighted by atomic mass is 16.2.